The fraction of sp³-hybridized carbons (Fsp3) is 0.500. The highest BCUT2D eigenvalue weighted by Gasteiger charge is 2.31. The highest BCUT2D eigenvalue weighted by atomic mass is 35.5. The molecule has 0 aromatic heterocycles. The topological polar surface area (TPSA) is 32.8 Å². The van der Waals surface area contributed by atoms with Gasteiger partial charge in [0.1, 0.15) is 5.60 Å². The van der Waals surface area contributed by atoms with Crippen LogP contribution in [0.5, 0.6) is 0 Å². The predicted molar refractivity (Wildman–Crippen MR) is 81.4 cm³/mol. The standard InChI is InChI=1S/C14H18Cl2N2O2/c1-14(2,3)20-13(19)18-8-4-7-17(18)12-9-10(15)5-6-11(12)16/h5-6,9H,4,7-8H2,1-3H3. The van der Waals surface area contributed by atoms with Crippen LogP contribution >= 0.6 is 23.2 Å². The molecule has 20 heavy (non-hydrogen) atoms. The van der Waals surface area contributed by atoms with Crippen molar-refractivity contribution in [2.45, 2.75) is 32.8 Å². The molecule has 1 aromatic rings. The van der Waals surface area contributed by atoms with Crippen LogP contribution in [0.2, 0.25) is 10.0 Å². The van der Waals surface area contributed by atoms with Gasteiger partial charge in [-0.3, -0.25) is 5.01 Å². The van der Waals surface area contributed by atoms with Crippen LogP contribution < -0.4 is 5.01 Å². The van der Waals surface area contributed by atoms with Crippen LogP contribution in [0.25, 0.3) is 0 Å². The molecule has 0 spiro atoms. The molecule has 4 nitrogen and oxygen atoms in total. The Morgan fingerprint density at radius 1 is 1.25 bits per heavy atom. The van der Waals surface area contributed by atoms with Crippen molar-refractivity contribution in [2.24, 2.45) is 0 Å². The molecule has 1 saturated heterocycles. The molecule has 0 unspecified atom stereocenters. The van der Waals surface area contributed by atoms with Crippen LogP contribution in [0.1, 0.15) is 27.2 Å². The summed E-state index contributed by atoms with van der Waals surface area (Å²) in [6, 6.07) is 5.21. The van der Waals surface area contributed by atoms with Crippen LogP contribution in [0.15, 0.2) is 18.2 Å². The number of hydrogen-bond donors (Lipinski definition) is 0. The zero-order valence-electron chi connectivity index (χ0n) is 11.8. The van der Waals surface area contributed by atoms with E-state index in [1.54, 1.807) is 23.2 Å². The zero-order valence-corrected chi connectivity index (χ0v) is 13.3. The van der Waals surface area contributed by atoms with E-state index in [-0.39, 0.29) is 6.09 Å². The monoisotopic (exact) mass is 316 g/mol. The van der Waals surface area contributed by atoms with E-state index in [4.69, 9.17) is 27.9 Å². The van der Waals surface area contributed by atoms with Gasteiger partial charge in [0.25, 0.3) is 0 Å². The maximum atomic E-state index is 12.2. The van der Waals surface area contributed by atoms with Crippen LogP contribution in [0.4, 0.5) is 10.5 Å². The summed E-state index contributed by atoms with van der Waals surface area (Å²) in [5.74, 6) is 0. The Bertz CT molecular complexity index is 514. The minimum absolute atomic E-state index is 0.369. The number of ether oxygens (including phenoxy) is 1. The normalized spacial score (nSPS) is 15.7. The van der Waals surface area contributed by atoms with Gasteiger partial charge in [-0.25, -0.2) is 9.80 Å². The molecule has 1 amide bonds. The Morgan fingerprint density at radius 3 is 2.60 bits per heavy atom. The van der Waals surface area contributed by atoms with Crippen molar-refractivity contribution in [3.63, 3.8) is 0 Å². The lowest BCUT2D eigenvalue weighted by Crippen LogP contribution is -2.44. The molecular formula is C14H18Cl2N2O2. The van der Waals surface area contributed by atoms with E-state index < -0.39 is 5.60 Å². The third-order valence-electron chi connectivity index (χ3n) is 2.82. The van der Waals surface area contributed by atoms with E-state index in [0.717, 1.165) is 12.1 Å². The highest BCUT2D eigenvalue weighted by Crippen LogP contribution is 2.32. The van der Waals surface area contributed by atoms with Gasteiger partial charge in [-0.2, -0.15) is 0 Å². The molecule has 2 rings (SSSR count). The number of carbonyl (C=O) groups excluding carboxylic acids is 1. The van der Waals surface area contributed by atoms with Gasteiger partial charge in [-0.1, -0.05) is 23.2 Å². The maximum Gasteiger partial charge on any atom is 0.429 e. The smallest absolute Gasteiger partial charge is 0.429 e. The number of rotatable bonds is 1. The van der Waals surface area contributed by atoms with Gasteiger partial charge in [0.05, 0.1) is 10.7 Å². The molecule has 0 atom stereocenters. The quantitative estimate of drug-likeness (QED) is 0.772. The van der Waals surface area contributed by atoms with Crippen molar-refractivity contribution in [3.05, 3.63) is 28.2 Å². The second kappa shape index (κ2) is 5.70. The van der Waals surface area contributed by atoms with Gasteiger partial charge >= 0.3 is 6.09 Å². The summed E-state index contributed by atoms with van der Waals surface area (Å²) in [6.07, 6.45) is 0.494. The first-order valence-electron chi connectivity index (χ1n) is 6.51. The van der Waals surface area contributed by atoms with Crippen LogP contribution in [-0.4, -0.2) is 29.8 Å². The van der Waals surface area contributed by atoms with E-state index in [9.17, 15) is 4.79 Å². The average Bonchev–Trinajstić information content (AvgIpc) is 2.79. The fourth-order valence-corrected chi connectivity index (χ4v) is 2.43. The minimum Gasteiger partial charge on any atom is -0.442 e. The minimum atomic E-state index is -0.524. The maximum absolute atomic E-state index is 12.2. The van der Waals surface area contributed by atoms with Crippen molar-refractivity contribution in [1.82, 2.24) is 5.01 Å². The number of amides is 1. The number of halogens is 2. The first-order valence-corrected chi connectivity index (χ1v) is 7.26. The summed E-state index contributed by atoms with van der Waals surface area (Å²) in [4.78, 5) is 12.2. The Labute approximate surface area is 129 Å². The second-order valence-electron chi connectivity index (χ2n) is 5.68. The molecule has 1 heterocycles. The second-order valence-corrected chi connectivity index (χ2v) is 6.52. The summed E-state index contributed by atoms with van der Waals surface area (Å²) in [7, 11) is 0. The summed E-state index contributed by atoms with van der Waals surface area (Å²) in [5.41, 5.74) is 0.200. The van der Waals surface area contributed by atoms with E-state index in [1.165, 1.54) is 0 Å². The van der Waals surface area contributed by atoms with Gasteiger partial charge in [-0.05, 0) is 45.4 Å². The van der Waals surface area contributed by atoms with Crippen LogP contribution in [0, 0.1) is 0 Å². The highest BCUT2D eigenvalue weighted by molar-refractivity contribution is 6.35. The van der Waals surface area contributed by atoms with E-state index in [1.807, 2.05) is 25.8 Å². The van der Waals surface area contributed by atoms with Crippen molar-refractivity contribution in [1.29, 1.82) is 0 Å². The van der Waals surface area contributed by atoms with E-state index in [2.05, 4.69) is 0 Å². The van der Waals surface area contributed by atoms with Gasteiger partial charge in [0, 0.05) is 18.1 Å². The van der Waals surface area contributed by atoms with Crippen molar-refractivity contribution >= 4 is 35.0 Å². The summed E-state index contributed by atoms with van der Waals surface area (Å²) in [5, 5.41) is 4.54. The van der Waals surface area contributed by atoms with Crippen LogP contribution in [0.3, 0.4) is 0 Å². The largest absolute Gasteiger partial charge is 0.442 e. The number of carbonyl (C=O) groups is 1. The molecule has 110 valence electrons. The zero-order chi connectivity index (χ0) is 14.9. The van der Waals surface area contributed by atoms with Gasteiger partial charge in [-0.15, -0.1) is 0 Å². The Balaban J connectivity index is 2.23. The summed E-state index contributed by atoms with van der Waals surface area (Å²) in [6.45, 7) is 6.85. The fourth-order valence-electron chi connectivity index (χ4n) is 2.05. The molecule has 1 aromatic carbocycles. The van der Waals surface area contributed by atoms with Gasteiger partial charge < -0.3 is 4.74 Å². The summed E-state index contributed by atoms with van der Waals surface area (Å²) >= 11 is 12.2. The first-order chi connectivity index (χ1) is 9.28. The number of nitrogens with zero attached hydrogens (tertiary/aromatic N) is 2. The van der Waals surface area contributed by atoms with Gasteiger partial charge in [0.2, 0.25) is 0 Å². The SMILES string of the molecule is CC(C)(C)OC(=O)N1CCCN1c1cc(Cl)ccc1Cl. The van der Waals surface area contributed by atoms with Gasteiger partial charge in [0.15, 0.2) is 0 Å². The Morgan fingerprint density at radius 2 is 1.95 bits per heavy atom. The number of benzene rings is 1. The Hall–Kier alpha value is -1.13. The molecule has 1 aliphatic rings. The number of hydrogen-bond acceptors (Lipinski definition) is 3. The number of hydrazine groups is 1. The molecule has 0 radical (unpaired) electrons. The molecule has 0 bridgehead atoms. The third-order valence-corrected chi connectivity index (χ3v) is 3.38. The third kappa shape index (κ3) is 3.49. The predicted octanol–water partition coefficient (Wildman–Crippen LogP) is 4.36. The van der Waals surface area contributed by atoms with E-state index in [0.29, 0.717) is 23.1 Å². The van der Waals surface area contributed by atoms with Crippen LogP contribution in [-0.2, 0) is 4.74 Å². The molecular weight excluding hydrogens is 299 g/mol. The van der Waals surface area contributed by atoms with Crippen molar-refractivity contribution < 1.29 is 9.53 Å². The van der Waals surface area contributed by atoms with Crippen molar-refractivity contribution in [2.75, 3.05) is 18.1 Å². The van der Waals surface area contributed by atoms with Crippen molar-refractivity contribution in [3.8, 4) is 0 Å². The molecule has 1 aliphatic heterocycles. The molecule has 0 N–H and O–H groups in total. The Kier molecular flexibility index (Phi) is 4.35. The lowest BCUT2D eigenvalue weighted by molar-refractivity contribution is 0.0274. The lowest BCUT2D eigenvalue weighted by Gasteiger charge is -2.32. The summed E-state index contributed by atoms with van der Waals surface area (Å²) < 4.78 is 5.41. The molecule has 0 saturated carbocycles. The van der Waals surface area contributed by atoms with E-state index >= 15 is 0 Å². The lowest BCUT2D eigenvalue weighted by atomic mass is 10.2. The molecule has 1 fully saturated rings. The number of anilines is 1. The average molecular weight is 317 g/mol. The molecule has 0 aliphatic carbocycles. The first kappa shape index (κ1) is 15.3. The molecule has 6 heteroatoms.